The second kappa shape index (κ2) is 18.1. The molecule has 7 atom stereocenters. The van der Waals surface area contributed by atoms with Gasteiger partial charge >= 0.3 is 11.9 Å². The first-order chi connectivity index (χ1) is 16.7. The van der Waals surface area contributed by atoms with Gasteiger partial charge in [-0.05, 0) is 26.2 Å². The number of carboxylic acids is 1. The van der Waals surface area contributed by atoms with Gasteiger partial charge in [0.25, 0.3) is 0 Å². The van der Waals surface area contributed by atoms with Gasteiger partial charge in [0, 0.05) is 0 Å². The van der Waals surface area contributed by atoms with Crippen LogP contribution in [0.5, 0.6) is 0 Å². The van der Waals surface area contributed by atoms with E-state index in [0.717, 1.165) is 64.2 Å². The lowest BCUT2D eigenvalue weighted by Gasteiger charge is -2.40. The van der Waals surface area contributed by atoms with Crippen molar-refractivity contribution >= 4 is 11.9 Å². The first-order valence-electron chi connectivity index (χ1n) is 13.5. The number of aliphatic hydroxyl groups excluding tert-OH is 3. The van der Waals surface area contributed by atoms with E-state index >= 15 is 0 Å². The van der Waals surface area contributed by atoms with Gasteiger partial charge in [-0.25, -0.2) is 0 Å². The Hall–Kier alpha value is -1.26. The molecule has 0 spiro atoms. The van der Waals surface area contributed by atoms with Crippen molar-refractivity contribution in [1.82, 2.24) is 0 Å². The van der Waals surface area contributed by atoms with E-state index in [4.69, 9.17) is 14.2 Å². The van der Waals surface area contributed by atoms with E-state index in [0.29, 0.717) is 12.8 Å². The van der Waals surface area contributed by atoms with Crippen LogP contribution in [0.25, 0.3) is 0 Å². The van der Waals surface area contributed by atoms with Crippen molar-refractivity contribution in [2.24, 2.45) is 0 Å². The number of esters is 1. The van der Waals surface area contributed by atoms with Gasteiger partial charge in [-0.15, -0.1) is 0 Å². The highest BCUT2D eigenvalue weighted by atomic mass is 16.7. The minimum Gasteiger partial charge on any atom is -0.481 e. The predicted octanol–water partition coefficient (Wildman–Crippen LogP) is 3.70. The van der Waals surface area contributed by atoms with Gasteiger partial charge in [-0.3, -0.25) is 9.59 Å². The maximum absolute atomic E-state index is 12.7. The number of carbonyl (C=O) groups is 2. The van der Waals surface area contributed by atoms with E-state index < -0.39 is 54.9 Å². The predicted molar refractivity (Wildman–Crippen MR) is 131 cm³/mol. The van der Waals surface area contributed by atoms with Gasteiger partial charge in [0.15, 0.2) is 6.29 Å². The van der Waals surface area contributed by atoms with Crippen molar-refractivity contribution in [2.45, 2.75) is 154 Å². The van der Waals surface area contributed by atoms with Crippen LogP contribution in [0.3, 0.4) is 0 Å². The number of aliphatic carboxylic acids is 1. The highest BCUT2D eigenvalue weighted by molar-refractivity contribution is 5.72. The number of rotatable bonds is 19. The van der Waals surface area contributed by atoms with Gasteiger partial charge in [0.1, 0.15) is 24.4 Å². The molecule has 4 N–H and O–H groups in total. The van der Waals surface area contributed by atoms with Crippen LogP contribution in [0.4, 0.5) is 0 Å². The zero-order valence-corrected chi connectivity index (χ0v) is 21.8. The monoisotopic (exact) mass is 504 g/mol. The Balaban J connectivity index is 2.72. The smallest absolute Gasteiger partial charge is 0.308 e. The summed E-state index contributed by atoms with van der Waals surface area (Å²) >= 11 is 0. The Morgan fingerprint density at radius 1 is 0.771 bits per heavy atom. The zero-order chi connectivity index (χ0) is 26.2. The second-order valence-electron chi connectivity index (χ2n) is 9.76. The van der Waals surface area contributed by atoms with Gasteiger partial charge in [-0.2, -0.15) is 0 Å². The molecule has 0 aromatic heterocycles. The molecule has 1 saturated heterocycles. The molecule has 206 valence electrons. The number of aliphatic hydroxyl groups is 3. The number of carbonyl (C=O) groups excluding carboxylic acids is 1. The summed E-state index contributed by atoms with van der Waals surface area (Å²) < 4.78 is 17.0. The molecule has 0 amide bonds. The Kier molecular flexibility index (Phi) is 16.4. The SMILES string of the molecule is CCCCCCC[C@H](CC(=O)O)OC(=O)C[C@@H](CCCCCCC)O[C@@H]1O[C@@H](C)[C@H](O)[C@@H](O)[C@H]1O. The number of ether oxygens (including phenoxy) is 3. The quantitative estimate of drug-likeness (QED) is 0.153. The molecule has 1 aliphatic rings. The molecule has 1 aliphatic heterocycles. The van der Waals surface area contributed by atoms with Crippen molar-refractivity contribution in [2.75, 3.05) is 0 Å². The van der Waals surface area contributed by atoms with E-state index in [2.05, 4.69) is 13.8 Å². The Morgan fingerprint density at radius 2 is 1.31 bits per heavy atom. The zero-order valence-electron chi connectivity index (χ0n) is 21.8. The molecule has 0 aromatic carbocycles. The summed E-state index contributed by atoms with van der Waals surface area (Å²) in [7, 11) is 0. The van der Waals surface area contributed by atoms with Gasteiger partial charge < -0.3 is 34.6 Å². The second-order valence-corrected chi connectivity index (χ2v) is 9.76. The average molecular weight is 505 g/mol. The van der Waals surface area contributed by atoms with Crippen LogP contribution < -0.4 is 0 Å². The summed E-state index contributed by atoms with van der Waals surface area (Å²) in [6.45, 7) is 5.82. The van der Waals surface area contributed by atoms with Crippen molar-refractivity contribution < 1.29 is 44.2 Å². The van der Waals surface area contributed by atoms with E-state index in [9.17, 15) is 30.0 Å². The lowest BCUT2D eigenvalue weighted by Crippen LogP contribution is -2.58. The van der Waals surface area contributed by atoms with Gasteiger partial charge in [0.2, 0.25) is 0 Å². The van der Waals surface area contributed by atoms with Crippen LogP contribution in [-0.4, -0.2) is 75.3 Å². The number of hydrogen-bond donors (Lipinski definition) is 4. The topological polar surface area (TPSA) is 143 Å². The van der Waals surface area contributed by atoms with E-state index in [1.165, 1.54) is 0 Å². The number of carboxylic acid groups (broad SMARTS) is 1. The maximum Gasteiger partial charge on any atom is 0.308 e. The third kappa shape index (κ3) is 13.0. The summed E-state index contributed by atoms with van der Waals surface area (Å²) in [4.78, 5) is 24.0. The molecule has 9 nitrogen and oxygen atoms in total. The summed E-state index contributed by atoms with van der Waals surface area (Å²) in [6.07, 6.45) is 3.42. The van der Waals surface area contributed by atoms with Crippen LogP contribution in [0.2, 0.25) is 0 Å². The molecule has 1 rings (SSSR count). The van der Waals surface area contributed by atoms with Crippen molar-refractivity contribution in [3.05, 3.63) is 0 Å². The molecular weight excluding hydrogens is 456 g/mol. The third-order valence-electron chi connectivity index (χ3n) is 6.49. The van der Waals surface area contributed by atoms with Gasteiger partial charge in [-0.1, -0.05) is 71.6 Å². The molecule has 1 fully saturated rings. The Labute approximate surface area is 210 Å². The van der Waals surface area contributed by atoms with Crippen LogP contribution in [-0.2, 0) is 23.8 Å². The van der Waals surface area contributed by atoms with Crippen LogP contribution in [0, 0.1) is 0 Å². The Bertz CT molecular complexity index is 585. The van der Waals surface area contributed by atoms with Crippen molar-refractivity contribution in [3.8, 4) is 0 Å². The normalized spacial score (nSPS) is 26.3. The molecule has 1 heterocycles. The highest BCUT2D eigenvalue weighted by Gasteiger charge is 2.43. The summed E-state index contributed by atoms with van der Waals surface area (Å²) in [5, 5.41) is 39.5. The fourth-order valence-electron chi connectivity index (χ4n) is 4.30. The maximum atomic E-state index is 12.7. The van der Waals surface area contributed by atoms with E-state index in [1.54, 1.807) is 6.92 Å². The minimum absolute atomic E-state index is 0.112. The average Bonchev–Trinajstić information content (AvgIpc) is 2.80. The van der Waals surface area contributed by atoms with Crippen LogP contribution >= 0.6 is 0 Å². The fraction of sp³-hybridized carbons (Fsp3) is 0.923. The lowest BCUT2D eigenvalue weighted by molar-refractivity contribution is -0.304. The van der Waals surface area contributed by atoms with E-state index in [-0.39, 0.29) is 12.8 Å². The van der Waals surface area contributed by atoms with Gasteiger partial charge in [0.05, 0.1) is 25.0 Å². The highest BCUT2D eigenvalue weighted by Crippen LogP contribution is 2.25. The molecule has 35 heavy (non-hydrogen) atoms. The Morgan fingerprint density at radius 3 is 1.86 bits per heavy atom. The fourth-order valence-corrected chi connectivity index (χ4v) is 4.30. The van der Waals surface area contributed by atoms with Crippen LogP contribution in [0.1, 0.15) is 111 Å². The molecule has 0 bridgehead atoms. The molecule has 0 aromatic rings. The summed E-state index contributed by atoms with van der Waals surface area (Å²) in [6, 6.07) is 0. The first kappa shape index (κ1) is 31.8. The lowest BCUT2D eigenvalue weighted by atomic mass is 9.99. The third-order valence-corrected chi connectivity index (χ3v) is 6.49. The largest absolute Gasteiger partial charge is 0.481 e. The molecular formula is C26H48O9. The minimum atomic E-state index is -1.46. The molecule has 0 radical (unpaired) electrons. The number of hydrogen-bond acceptors (Lipinski definition) is 8. The summed E-state index contributed by atoms with van der Waals surface area (Å²) in [5.41, 5.74) is 0. The van der Waals surface area contributed by atoms with Crippen LogP contribution in [0.15, 0.2) is 0 Å². The van der Waals surface area contributed by atoms with E-state index in [1.807, 2.05) is 0 Å². The number of unbranched alkanes of at least 4 members (excludes halogenated alkanes) is 8. The summed E-state index contributed by atoms with van der Waals surface area (Å²) in [5.74, 6) is -1.57. The molecule has 9 heteroatoms. The standard InChI is InChI=1S/C26H48O9/c1-4-6-8-10-12-14-19(16-21(27)28)34-22(29)17-20(15-13-11-9-7-5-2)35-26-25(32)24(31)23(30)18(3)33-26/h18-20,23-26,30-32H,4-17H2,1-3H3,(H,27,28)/t18-,19+,20+,23-,24+,25+,26-/m0/s1. The molecule has 0 unspecified atom stereocenters. The van der Waals surface area contributed by atoms with Crippen molar-refractivity contribution in [1.29, 1.82) is 0 Å². The molecule has 0 saturated carbocycles. The first-order valence-corrected chi connectivity index (χ1v) is 13.5. The van der Waals surface area contributed by atoms with Crippen molar-refractivity contribution in [3.63, 3.8) is 0 Å². The molecule has 0 aliphatic carbocycles.